The van der Waals surface area contributed by atoms with E-state index in [0.29, 0.717) is 18.7 Å². The van der Waals surface area contributed by atoms with Crippen LogP contribution in [0.15, 0.2) is 29.3 Å². The number of non-ortho nitro benzene ring substituents is 1. The Balaban J connectivity index is 1.79. The molecule has 0 aromatic heterocycles. The van der Waals surface area contributed by atoms with Gasteiger partial charge in [0.05, 0.1) is 29.1 Å². The Hall–Kier alpha value is -1.84. The lowest BCUT2D eigenvalue weighted by molar-refractivity contribution is -0.384. The molecule has 0 radical (unpaired) electrons. The van der Waals surface area contributed by atoms with Gasteiger partial charge >= 0.3 is 0 Å². The van der Waals surface area contributed by atoms with E-state index in [4.69, 9.17) is 0 Å². The first kappa shape index (κ1) is 16.5. The molecular weight excluding hydrogens is 310 g/mol. The Kier molecular flexibility index (Phi) is 5.22. The monoisotopic (exact) mass is 327 g/mol. The molecule has 1 aromatic carbocycles. The van der Waals surface area contributed by atoms with Gasteiger partial charge in [0.15, 0.2) is 9.84 Å². The average Bonchev–Trinajstić information content (AvgIpc) is 2.71. The number of sulfone groups is 1. The summed E-state index contributed by atoms with van der Waals surface area (Å²) in [4.78, 5) is 14.3. The normalized spacial score (nSPS) is 23.9. The number of aliphatic hydroxyl groups is 1. The van der Waals surface area contributed by atoms with Crippen molar-refractivity contribution in [2.24, 2.45) is 4.99 Å². The quantitative estimate of drug-likeness (QED) is 0.322. The van der Waals surface area contributed by atoms with Crippen LogP contribution in [0.4, 0.5) is 5.69 Å². The van der Waals surface area contributed by atoms with Gasteiger partial charge < -0.3 is 10.4 Å². The maximum Gasteiger partial charge on any atom is 0.270 e. The molecule has 2 atom stereocenters. The van der Waals surface area contributed by atoms with Crippen LogP contribution in [0, 0.1) is 10.1 Å². The van der Waals surface area contributed by atoms with E-state index in [1.165, 1.54) is 18.3 Å². The summed E-state index contributed by atoms with van der Waals surface area (Å²) in [6, 6.07) is 5.65. The Labute approximate surface area is 127 Å². The van der Waals surface area contributed by atoms with Gasteiger partial charge in [-0.05, 0) is 5.56 Å². The molecule has 1 aliphatic heterocycles. The van der Waals surface area contributed by atoms with Gasteiger partial charge in [0.2, 0.25) is 0 Å². The van der Waals surface area contributed by atoms with E-state index < -0.39 is 26.9 Å². The predicted octanol–water partition coefficient (Wildman–Crippen LogP) is -0.239. The Morgan fingerprint density at radius 3 is 2.86 bits per heavy atom. The van der Waals surface area contributed by atoms with Crippen LogP contribution in [0.2, 0.25) is 0 Å². The highest BCUT2D eigenvalue weighted by atomic mass is 32.2. The van der Waals surface area contributed by atoms with Crippen molar-refractivity contribution in [2.45, 2.75) is 12.1 Å². The van der Waals surface area contributed by atoms with Crippen molar-refractivity contribution in [3.63, 3.8) is 0 Å². The third-order valence-corrected chi connectivity index (χ3v) is 5.01. The lowest BCUT2D eigenvalue weighted by Crippen LogP contribution is -2.40. The number of aliphatic hydroxyl groups excluding tert-OH is 1. The molecule has 8 nitrogen and oxygen atoms in total. The molecule has 2 unspecified atom stereocenters. The molecule has 2 N–H and O–H groups in total. The lowest BCUT2D eigenvalue weighted by atomic mass is 10.2. The molecule has 22 heavy (non-hydrogen) atoms. The molecule has 0 aliphatic carbocycles. The molecule has 1 fully saturated rings. The van der Waals surface area contributed by atoms with E-state index in [0.717, 1.165) is 0 Å². The molecular formula is C13H17N3O5S. The fourth-order valence-electron chi connectivity index (χ4n) is 2.23. The van der Waals surface area contributed by atoms with Crippen LogP contribution in [-0.2, 0) is 9.84 Å². The summed E-state index contributed by atoms with van der Waals surface area (Å²) in [6.45, 7) is 0.800. The smallest absolute Gasteiger partial charge is 0.270 e. The molecule has 2 rings (SSSR count). The summed E-state index contributed by atoms with van der Waals surface area (Å²) in [6.07, 6.45) is 0.641. The SMILES string of the molecule is O=[N+]([O-])c1cccc(C=NCCNC2CS(=O)(=O)CC2O)c1. The van der Waals surface area contributed by atoms with E-state index >= 15 is 0 Å². The first-order valence-electron chi connectivity index (χ1n) is 6.73. The van der Waals surface area contributed by atoms with Gasteiger partial charge in [-0.25, -0.2) is 8.42 Å². The minimum atomic E-state index is -3.16. The molecule has 9 heteroatoms. The summed E-state index contributed by atoms with van der Waals surface area (Å²) >= 11 is 0. The minimum Gasteiger partial charge on any atom is -0.390 e. The summed E-state index contributed by atoms with van der Waals surface area (Å²) in [7, 11) is -3.16. The summed E-state index contributed by atoms with van der Waals surface area (Å²) in [5, 5.41) is 23.2. The van der Waals surface area contributed by atoms with E-state index in [9.17, 15) is 23.6 Å². The van der Waals surface area contributed by atoms with Gasteiger partial charge in [-0.1, -0.05) is 12.1 Å². The standard InChI is InChI=1S/C13H17N3O5S/c17-13-9-22(20,21)8-12(13)15-5-4-14-7-10-2-1-3-11(6-10)16(18)19/h1-3,6-7,12-13,15,17H,4-5,8-9H2. The highest BCUT2D eigenvalue weighted by Gasteiger charge is 2.35. The van der Waals surface area contributed by atoms with Gasteiger partial charge in [0.25, 0.3) is 5.69 Å². The number of hydrogen-bond donors (Lipinski definition) is 2. The van der Waals surface area contributed by atoms with Crippen LogP contribution in [0.5, 0.6) is 0 Å². The molecule has 0 bridgehead atoms. The van der Waals surface area contributed by atoms with Gasteiger partial charge in [0.1, 0.15) is 0 Å². The second-order valence-corrected chi connectivity index (χ2v) is 7.25. The van der Waals surface area contributed by atoms with Crippen LogP contribution >= 0.6 is 0 Å². The first-order chi connectivity index (χ1) is 10.4. The van der Waals surface area contributed by atoms with Crippen molar-refractivity contribution < 1.29 is 18.4 Å². The van der Waals surface area contributed by atoms with Crippen LogP contribution in [0.1, 0.15) is 5.56 Å². The minimum absolute atomic E-state index is 0.00126. The lowest BCUT2D eigenvalue weighted by Gasteiger charge is -2.13. The molecule has 0 amide bonds. The van der Waals surface area contributed by atoms with Crippen molar-refractivity contribution >= 4 is 21.7 Å². The Morgan fingerprint density at radius 1 is 1.45 bits per heavy atom. The molecule has 1 saturated heterocycles. The predicted molar refractivity (Wildman–Crippen MR) is 82.0 cm³/mol. The summed E-state index contributed by atoms with van der Waals surface area (Å²) in [5.41, 5.74) is 0.624. The molecule has 120 valence electrons. The van der Waals surface area contributed by atoms with Crippen molar-refractivity contribution in [1.29, 1.82) is 0 Å². The third kappa shape index (κ3) is 4.58. The zero-order valence-corrected chi connectivity index (χ0v) is 12.6. The van der Waals surface area contributed by atoms with Gasteiger partial charge in [-0.15, -0.1) is 0 Å². The van der Waals surface area contributed by atoms with E-state index in [1.54, 1.807) is 12.1 Å². The number of nitrogens with zero attached hydrogens (tertiary/aromatic N) is 2. The number of rotatable bonds is 6. The van der Waals surface area contributed by atoms with Gasteiger partial charge in [0, 0.05) is 30.9 Å². The number of aliphatic imine (C=N–C) groups is 1. The first-order valence-corrected chi connectivity index (χ1v) is 8.56. The number of nitrogens with one attached hydrogen (secondary N) is 1. The Bertz CT molecular complexity index is 674. The second-order valence-electron chi connectivity index (χ2n) is 5.09. The zero-order chi connectivity index (χ0) is 16.2. The molecule has 1 aromatic rings. The Morgan fingerprint density at radius 2 is 2.23 bits per heavy atom. The van der Waals surface area contributed by atoms with Crippen LogP contribution in [-0.4, -0.2) is 61.4 Å². The molecule has 0 saturated carbocycles. The van der Waals surface area contributed by atoms with Gasteiger partial charge in [-0.2, -0.15) is 0 Å². The van der Waals surface area contributed by atoms with E-state index in [2.05, 4.69) is 10.3 Å². The highest BCUT2D eigenvalue weighted by Crippen LogP contribution is 2.12. The molecule has 1 aliphatic rings. The third-order valence-electron chi connectivity index (χ3n) is 3.29. The molecule has 0 spiro atoms. The number of benzene rings is 1. The van der Waals surface area contributed by atoms with E-state index in [-0.39, 0.29) is 17.2 Å². The topological polar surface area (TPSA) is 122 Å². The van der Waals surface area contributed by atoms with Crippen LogP contribution < -0.4 is 5.32 Å². The maximum absolute atomic E-state index is 11.3. The van der Waals surface area contributed by atoms with E-state index in [1.807, 2.05) is 0 Å². The maximum atomic E-state index is 11.3. The highest BCUT2D eigenvalue weighted by molar-refractivity contribution is 7.91. The number of hydrogen-bond acceptors (Lipinski definition) is 7. The summed E-state index contributed by atoms with van der Waals surface area (Å²) in [5.74, 6) is -0.273. The fourth-order valence-corrected chi connectivity index (χ4v) is 4.00. The second kappa shape index (κ2) is 6.95. The summed E-state index contributed by atoms with van der Waals surface area (Å²) < 4.78 is 22.7. The van der Waals surface area contributed by atoms with Gasteiger partial charge in [-0.3, -0.25) is 15.1 Å². The van der Waals surface area contributed by atoms with Crippen LogP contribution in [0.25, 0.3) is 0 Å². The van der Waals surface area contributed by atoms with Crippen molar-refractivity contribution in [2.75, 3.05) is 24.6 Å². The number of nitro benzene ring substituents is 1. The van der Waals surface area contributed by atoms with Crippen molar-refractivity contribution in [3.8, 4) is 0 Å². The largest absolute Gasteiger partial charge is 0.390 e. The number of nitro groups is 1. The zero-order valence-electron chi connectivity index (χ0n) is 11.8. The average molecular weight is 327 g/mol. The fraction of sp³-hybridized carbons (Fsp3) is 0.462. The molecule has 1 heterocycles. The van der Waals surface area contributed by atoms with Crippen molar-refractivity contribution in [1.82, 2.24) is 5.32 Å². The van der Waals surface area contributed by atoms with Crippen molar-refractivity contribution in [3.05, 3.63) is 39.9 Å². The van der Waals surface area contributed by atoms with Crippen LogP contribution in [0.3, 0.4) is 0 Å².